The fourth-order valence-electron chi connectivity index (χ4n) is 1.90. The molecule has 0 aliphatic heterocycles. The largest absolute Gasteiger partial charge is 0.481 e. The zero-order chi connectivity index (χ0) is 20.0. The molecule has 0 aliphatic carbocycles. The van der Waals surface area contributed by atoms with Crippen LogP contribution in [0.2, 0.25) is 0 Å². The maximum atomic E-state index is 10.6. The molecule has 0 aliphatic rings. The molecule has 0 aromatic heterocycles. The van der Waals surface area contributed by atoms with Gasteiger partial charge >= 0.3 is 23.9 Å². The summed E-state index contributed by atoms with van der Waals surface area (Å²) in [5.74, 6) is -4.50. The summed E-state index contributed by atoms with van der Waals surface area (Å²) >= 11 is 7.95. The highest BCUT2D eigenvalue weighted by atomic mass is 32.1. The van der Waals surface area contributed by atoms with Gasteiger partial charge in [0.25, 0.3) is 0 Å². The predicted octanol–water partition coefficient (Wildman–Crippen LogP) is 2.13. The van der Waals surface area contributed by atoms with Gasteiger partial charge in [0.15, 0.2) is 0 Å². The van der Waals surface area contributed by atoms with Crippen molar-refractivity contribution < 1.29 is 39.6 Å². The number of hydrogen-bond donors (Lipinski definition) is 6. The summed E-state index contributed by atoms with van der Waals surface area (Å²) in [5, 5.41) is 33.9. The Balaban J connectivity index is 0. The van der Waals surface area contributed by atoms with Gasteiger partial charge in [0.05, 0.1) is 11.8 Å². The molecule has 0 aromatic rings. The van der Waals surface area contributed by atoms with Crippen molar-refractivity contribution in [2.75, 3.05) is 5.75 Å². The van der Waals surface area contributed by atoms with Crippen LogP contribution < -0.4 is 0 Å². The molecule has 146 valence electrons. The Bertz CT molecular complexity index is 439. The molecule has 0 radical (unpaired) electrons. The SMILES string of the molecule is CC(S)CC(CCC(=O)O)C(=O)O.O=C(O)CCC(CCS)C(=O)O. The summed E-state index contributed by atoms with van der Waals surface area (Å²) < 4.78 is 0. The van der Waals surface area contributed by atoms with E-state index in [4.69, 9.17) is 20.4 Å². The number of thiol groups is 2. The normalized spacial score (nSPS) is 13.7. The third kappa shape index (κ3) is 17.2. The van der Waals surface area contributed by atoms with Crippen LogP contribution in [0.5, 0.6) is 0 Å². The second kappa shape index (κ2) is 14.9. The third-order valence-corrected chi connectivity index (χ3v) is 3.68. The van der Waals surface area contributed by atoms with Crippen LogP contribution in [-0.4, -0.2) is 55.3 Å². The van der Waals surface area contributed by atoms with Crippen LogP contribution in [0.15, 0.2) is 0 Å². The average Bonchev–Trinajstić information content (AvgIpc) is 2.47. The summed E-state index contributed by atoms with van der Waals surface area (Å²) in [4.78, 5) is 41.4. The first kappa shape index (κ1) is 25.8. The standard InChI is InChI=1S/C8H14O4S.C7H12O4S/c1-5(13)4-6(8(11)12)2-3-7(9)10;8-6(9)2-1-5(3-4-12)7(10)11/h5-6,13H,2-4H2,1H3,(H,9,10)(H,11,12);5,12H,1-4H2,(H,8,9)(H,10,11). The summed E-state index contributed by atoms with van der Waals surface area (Å²) in [6, 6.07) is 0. The lowest BCUT2D eigenvalue weighted by Crippen LogP contribution is -2.18. The van der Waals surface area contributed by atoms with Gasteiger partial charge in [-0.1, -0.05) is 6.92 Å². The van der Waals surface area contributed by atoms with E-state index in [0.29, 0.717) is 18.6 Å². The number of rotatable bonds is 12. The Morgan fingerprint density at radius 3 is 1.48 bits per heavy atom. The predicted molar refractivity (Wildman–Crippen MR) is 97.5 cm³/mol. The van der Waals surface area contributed by atoms with Gasteiger partial charge in [-0.15, -0.1) is 0 Å². The van der Waals surface area contributed by atoms with Crippen LogP contribution in [0.3, 0.4) is 0 Å². The van der Waals surface area contributed by atoms with Gasteiger partial charge in [-0.3, -0.25) is 19.2 Å². The van der Waals surface area contributed by atoms with Crippen LogP contribution in [0.1, 0.15) is 45.4 Å². The molecule has 25 heavy (non-hydrogen) atoms. The molecule has 0 fully saturated rings. The number of carboxylic acid groups (broad SMARTS) is 4. The van der Waals surface area contributed by atoms with Gasteiger partial charge in [-0.05, 0) is 36.7 Å². The molecule has 0 saturated heterocycles. The lowest BCUT2D eigenvalue weighted by molar-refractivity contribution is -0.144. The van der Waals surface area contributed by atoms with Crippen molar-refractivity contribution in [2.24, 2.45) is 11.8 Å². The maximum Gasteiger partial charge on any atom is 0.306 e. The van der Waals surface area contributed by atoms with Gasteiger partial charge in [-0.2, -0.15) is 25.3 Å². The van der Waals surface area contributed by atoms with Crippen molar-refractivity contribution in [3.63, 3.8) is 0 Å². The minimum Gasteiger partial charge on any atom is -0.481 e. The molecule has 3 unspecified atom stereocenters. The van der Waals surface area contributed by atoms with Crippen LogP contribution >= 0.6 is 25.3 Å². The highest BCUT2D eigenvalue weighted by Gasteiger charge is 2.20. The van der Waals surface area contributed by atoms with Crippen LogP contribution in [0.4, 0.5) is 0 Å². The summed E-state index contributed by atoms with van der Waals surface area (Å²) in [6.45, 7) is 1.79. The van der Waals surface area contributed by atoms with Crippen molar-refractivity contribution in [2.45, 2.75) is 50.7 Å². The van der Waals surface area contributed by atoms with Crippen LogP contribution in [0, 0.1) is 11.8 Å². The van der Waals surface area contributed by atoms with E-state index in [9.17, 15) is 19.2 Å². The Kier molecular flexibility index (Phi) is 15.4. The lowest BCUT2D eigenvalue weighted by Gasteiger charge is -2.12. The van der Waals surface area contributed by atoms with E-state index < -0.39 is 35.7 Å². The third-order valence-electron chi connectivity index (χ3n) is 3.22. The number of carbonyl (C=O) groups is 4. The summed E-state index contributed by atoms with van der Waals surface area (Å²) in [6.07, 6.45) is 1.00. The molecule has 0 saturated carbocycles. The van der Waals surface area contributed by atoms with E-state index in [-0.39, 0.29) is 30.9 Å². The molecule has 0 bridgehead atoms. The molecule has 0 aromatic carbocycles. The second-order valence-corrected chi connectivity index (χ2v) is 6.86. The Labute approximate surface area is 157 Å². The Morgan fingerprint density at radius 1 is 0.800 bits per heavy atom. The monoisotopic (exact) mass is 398 g/mol. The summed E-state index contributed by atoms with van der Waals surface area (Å²) in [7, 11) is 0. The highest BCUT2D eigenvalue weighted by molar-refractivity contribution is 7.80. The quantitative estimate of drug-likeness (QED) is 0.274. The zero-order valence-electron chi connectivity index (χ0n) is 14.0. The fourth-order valence-corrected chi connectivity index (χ4v) is 2.46. The average molecular weight is 398 g/mol. The molecular formula is C15H26O8S2. The van der Waals surface area contributed by atoms with E-state index >= 15 is 0 Å². The number of aliphatic carboxylic acids is 4. The molecule has 10 heteroatoms. The molecule has 3 atom stereocenters. The minimum atomic E-state index is -0.960. The molecule has 0 heterocycles. The Morgan fingerprint density at radius 2 is 1.20 bits per heavy atom. The van der Waals surface area contributed by atoms with Crippen molar-refractivity contribution in [3.05, 3.63) is 0 Å². The van der Waals surface area contributed by atoms with Gasteiger partial charge in [0.2, 0.25) is 0 Å². The summed E-state index contributed by atoms with van der Waals surface area (Å²) in [5.41, 5.74) is 0. The van der Waals surface area contributed by atoms with Crippen molar-refractivity contribution in [1.82, 2.24) is 0 Å². The second-order valence-electron chi connectivity index (χ2n) is 5.53. The molecular weight excluding hydrogens is 372 g/mol. The van der Waals surface area contributed by atoms with E-state index in [1.54, 1.807) is 6.92 Å². The van der Waals surface area contributed by atoms with Crippen LogP contribution in [0.25, 0.3) is 0 Å². The minimum absolute atomic E-state index is 0.0186. The first-order valence-electron chi connectivity index (χ1n) is 7.69. The molecule has 0 spiro atoms. The molecule has 4 N–H and O–H groups in total. The van der Waals surface area contributed by atoms with E-state index in [1.807, 2.05) is 0 Å². The first-order valence-corrected chi connectivity index (χ1v) is 8.84. The molecule has 0 rings (SSSR count). The van der Waals surface area contributed by atoms with E-state index in [0.717, 1.165) is 0 Å². The number of hydrogen-bond acceptors (Lipinski definition) is 6. The van der Waals surface area contributed by atoms with Crippen molar-refractivity contribution in [1.29, 1.82) is 0 Å². The Hall–Kier alpha value is -1.42. The van der Waals surface area contributed by atoms with Gasteiger partial charge in [0, 0.05) is 12.8 Å². The smallest absolute Gasteiger partial charge is 0.306 e. The van der Waals surface area contributed by atoms with Gasteiger partial charge in [-0.25, -0.2) is 0 Å². The maximum absolute atomic E-state index is 10.6. The van der Waals surface area contributed by atoms with Crippen molar-refractivity contribution in [3.8, 4) is 0 Å². The topological polar surface area (TPSA) is 149 Å². The fraction of sp³-hybridized carbons (Fsp3) is 0.733. The van der Waals surface area contributed by atoms with Crippen LogP contribution in [-0.2, 0) is 19.2 Å². The molecule has 8 nitrogen and oxygen atoms in total. The van der Waals surface area contributed by atoms with Crippen molar-refractivity contribution >= 4 is 49.1 Å². The highest BCUT2D eigenvalue weighted by Crippen LogP contribution is 2.16. The molecule has 0 amide bonds. The lowest BCUT2D eigenvalue weighted by atomic mass is 9.98. The van der Waals surface area contributed by atoms with E-state index in [2.05, 4.69) is 25.3 Å². The van der Waals surface area contributed by atoms with Gasteiger partial charge < -0.3 is 20.4 Å². The van der Waals surface area contributed by atoms with Gasteiger partial charge in [0.1, 0.15) is 0 Å². The number of carboxylic acids is 4. The zero-order valence-corrected chi connectivity index (χ0v) is 15.8. The first-order chi connectivity index (χ1) is 11.5. The van der Waals surface area contributed by atoms with E-state index in [1.165, 1.54) is 0 Å².